The van der Waals surface area contributed by atoms with Gasteiger partial charge in [0, 0.05) is 17.7 Å². The lowest BCUT2D eigenvalue weighted by molar-refractivity contribution is -0.116. The van der Waals surface area contributed by atoms with E-state index in [1.165, 1.54) is 0 Å². The molecule has 1 aliphatic heterocycles. The summed E-state index contributed by atoms with van der Waals surface area (Å²) in [6, 6.07) is 15.2. The van der Waals surface area contributed by atoms with Gasteiger partial charge in [-0.2, -0.15) is 4.68 Å². The molecule has 2 aromatic carbocycles. The first-order valence-electron chi connectivity index (χ1n) is 9.77. The van der Waals surface area contributed by atoms with Gasteiger partial charge in [0.2, 0.25) is 5.95 Å². The molecule has 0 amide bonds. The molecule has 8 heteroatoms. The highest BCUT2D eigenvalue weighted by molar-refractivity contribution is 6.00. The number of ketones is 1. The number of tetrazole rings is 1. The lowest BCUT2D eigenvalue weighted by Crippen LogP contribution is -2.33. The third kappa shape index (κ3) is 3.01. The molecule has 2 heterocycles. The van der Waals surface area contributed by atoms with Gasteiger partial charge >= 0.3 is 0 Å². The van der Waals surface area contributed by atoms with Crippen LogP contribution in [0, 0.1) is 0 Å². The Balaban J connectivity index is 1.56. The van der Waals surface area contributed by atoms with Gasteiger partial charge in [0.05, 0.1) is 14.2 Å². The first kappa shape index (κ1) is 18.4. The van der Waals surface area contributed by atoms with Gasteiger partial charge in [0.15, 0.2) is 5.78 Å². The zero-order chi connectivity index (χ0) is 20.7. The number of rotatable bonds is 4. The monoisotopic (exact) mass is 403 g/mol. The van der Waals surface area contributed by atoms with Crippen LogP contribution in [-0.4, -0.2) is 40.2 Å². The number of fused-ring (bicyclic) bond motifs is 1. The Morgan fingerprint density at radius 1 is 1.00 bits per heavy atom. The lowest BCUT2D eigenvalue weighted by Gasteiger charge is -2.34. The Morgan fingerprint density at radius 2 is 1.80 bits per heavy atom. The van der Waals surface area contributed by atoms with E-state index in [2.05, 4.69) is 20.8 Å². The van der Waals surface area contributed by atoms with Crippen LogP contribution in [0.15, 0.2) is 59.8 Å². The fourth-order valence-electron chi connectivity index (χ4n) is 4.30. The molecule has 1 aromatic heterocycles. The third-order valence-corrected chi connectivity index (χ3v) is 5.78. The molecule has 0 bridgehead atoms. The van der Waals surface area contributed by atoms with Crippen LogP contribution >= 0.6 is 0 Å². The average Bonchev–Trinajstić information content (AvgIpc) is 3.25. The fraction of sp³-hybridized carbons (Fsp3) is 0.273. The summed E-state index contributed by atoms with van der Waals surface area (Å²) in [6.07, 6.45) is 1.14. The van der Waals surface area contributed by atoms with Gasteiger partial charge in [-0.05, 0) is 58.2 Å². The number of hydrogen-bond acceptors (Lipinski definition) is 7. The van der Waals surface area contributed by atoms with E-state index in [-0.39, 0.29) is 17.7 Å². The number of anilines is 1. The Hall–Kier alpha value is -3.68. The normalized spacial score (nSPS) is 20.3. The van der Waals surface area contributed by atoms with Crippen LogP contribution in [0.25, 0.3) is 0 Å². The van der Waals surface area contributed by atoms with Gasteiger partial charge < -0.3 is 14.8 Å². The smallest absolute Gasteiger partial charge is 0.248 e. The summed E-state index contributed by atoms with van der Waals surface area (Å²) in [7, 11) is 3.27. The molecule has 152 valence electrons. The minimum absolute atomic E-state index is 0.0862. The van der Waals surface area contributed by atoms with E-state index in [4.69, 9.17) is 9.47 Å². The third-order valence-electron chi connectivity index (χ3n) is 5.78. The van der Waals surface area contributed by atoms with Gasteiger partial charge in [-0.25, -0.2) is 0 Å². The van der Waals surface area contributed by atoms with E-state index in [0.29, 0.717) is 24.4 Å². The second-order valence-corrected chi connectivity index (χ2v) is 7.44. The predicted molar refractivity (Wildman–Crippen MR) is 110 cm³/mol. The number of nitrogens with one attached hydrogen (secondary N) is 1. The number of Topliss-reactive ketones (excluding diaryl/α,β-unsaturated/α-hetero) is 1. The van der Waals surface area contributed by atoms with Crippen LogP contribution in [0.1, 0.15) is 35.9 Å². The van der Waals surface area contributed by atoms with Gasteiger partial charge in [-0.3, -0.25) is 4.79 Å². The molecule has 30 heavy (non-hydrogen) atoms. The summed E-state index contributed by atoms with van der Waals surface area (Å²) in [5.74, 6) is 2.24. The maximum absolute atomic E-state index is 13.4. The zero-order valence-corrected chi connectivity index (χ0v) is 16.7. The van der Waals surface area contributed by atoms with Crippen LogP contribution in [0.2, 0.25) is 0 Å². The van der Waals surface area contributed by atoms with Gasteiger partial charge in [-0.15, -0.1) is 0 Å². The van der Waals surface area contributed by atoms with Crippen LogP contribution < -0.4 is 14.8 Å². The zero-order valence-electron chi connectivity index (χ0n) is 16.7. The van der Waals surface area contributed by atoms with Crippen molar-refractivity contribution in [1.82, 2.24) is 20.2 Å². The number of benzene rings is 2. The second-order valence-electron chi connectivity index (χ2n) is 7.44. The Kier molecular flexibility index (Phi) is 4.46. The first-order chi connectivity index (χ1) is 14.7. The summed E-state index contributed by atoms with van der Waals surface area (Å²) in [5.41, 5.74) is 3.61. The molecule has 5 rings (SSSR count). The molecule has 0 spiro atoms. The Bertz CT molecular complexity index is 1140. The number of carbonyl (C=O) groups excluding carboxylic acids is 1. The summed E-state index contributed by atoms with van der Waals surface area (Å²) in [4.78, 5) is 13.4. The van der Waals surface area contributed by atoms with Gasteiger partial charge in [0.25, 0.3) is 0 Å². The largest absolute Gasteiger partial charge is 0.497 e. The number of allylic oxidation sites excluding steroid dienone is 2. The number of ether oxygens (including phenoxy) is 2. The molecule has 1 aliphatic carbocycles. The molecular weight excluding hydrogens is 382 g/mol. The summed E-state index contributed by atoms with van der Waals surface area (Å²) in [5, 5.41) is 15.4. The molecule has 0 saturated carbocycles. The maximum Gasteiger partial charge on any atom is 0.248 e. The van der Waals surface area contributed by atoms with Crippen LogP contribution in [0.5, 0.6) is 11.5 Å². The average molecular weight is 403 g/mol. The van der Waals surface area contributed by atoms with E-state index in [0.717, 1.165) is 28.3 Å². The van der Waals surface area contributed by atoms with Crippen molar-refractivity contribution in [2.24, 2.45) is 0 Å². The van der Waals surface area contributed by atoms with Crippen molar-refractivity contribution < 1.29 is 14.3 Å². The van der Waals surface area contributed by atoms with E-state index >= 15 is 0 Å². The fourth-order valence-corrected chi connectivity index (χ4v) is 4.30. The van der Waals surface area contributed by atoms with E-state index in [9.17, 15) is 4.79 Å². The molecule has 3 aromatic rings. The quantitative estimate of drug-likeness (QED) is 0.716. The Morgan fingerprint density at radius 3 is 2.57 bits per heavy atom. The summed E-state index contributed by atoms with van der Waals surface area (Å²) < 4.78 is 12.3. The second kappa shape index (κ2) is 7.29. The maximum atomic E-state index is 13.4. The first-order valence-corrected chi connectivity index (χ1v) is 9.77. The lowest BCUT2D eigenvalue weighted by atomic mass is 9.78. The summed E-state index contributed by atoms with van der Waals surface area (Å²) in [6.45, 7) is 0. The molecule has 1 N–H and O–H groups in total. The van der Waals surface area contributed by atoms with Crippen LogP contribution in [0.4, 0.5) is 5.95 Å². The SMILES string of the molecule is COc1ccc([C@@H]2CC(=O)C3=C(C2)Nc2nnnn2[C@@H]3c2cccc(OC)c2)cc1. The minimum Gasteiger partial charge on any atom is -0.497 e. The molecule has 2 aliphatic rings. The number of nitrogens with zero attached hydrogens (tertiary/aromatic N) is 4. The van der Waals surface area contributed by atoms with Gasteiger partial charge in [-0.1, -0.05) is 29.4 Å². The highest BCUT2D eigenvalue weighted by Gasteiger charge is 2.39. The van der Waals surface area contributed by atoms with E-state index < -0.39 is 0 Å². The predicted octanol–water partition coefficient (Wildman–Crippen LogP) is 3.11. The van der Waals surface area contributed by atoms with Crippen molar-refractivity contribution in [3.8, 4) is 11.5 Å². The number of carbonyl (C=O) groups is 1. The van der Waals surface area contributed by atoms with E-state index in [1.807, 2.05) is 48.5 Å². The van der Waals surface area contributed by atoms with Crippen molar-refractivity contribution in [1.29, 1.82) is 0 Å². The van der Waals surface area contributed by atoms with Gasteiger partial charge in [0.1, 0.15) is 17.5 Å². The number of aromatic nitrogens is 4. The molecule has 2 atom stereocenters. The molecule has 0 radical (unpaired) electrons. The van der Waals surface area contributed by atoms with Crippen molar-refractivity contribution in [2.75, 3.05) is 19.5 Å². The topological polar surface area (TPSA) is 91.2 Å². The molecule has 0 unspecified atom stereocenters. The van der Waals surface area contributed by atoms with Crippen molar-refractivity contribution in [3.05, 3.63) is 70.9 Å². The number of methoxy groups -OCH3 is 2. The Labute approximate surface area is 173 Å². The van der Waals surface area contributed by atoms with Crippen LogP contribution in [-0.2, 0) is 4.79 Å². The highest BCUT2D eigenvalue weighted by atomic mass is 16.5. The standard InChI is InChI=1S/C22H21N5O3/c1-29-16-8-6-13(7-9-16)15-11-18-20(19(28)12-15)21(27-22(23-18)24-25-26-27)14-4-3-5-17(10-14)30-2/h3-10,15,21H,11-12H2,1-2H3,(H,23,24,26)/t15-,21+/m0/s1. The van der Waals surface area contributed by atoms with Crippen molar-refractivity contribution >= 4 is 11.7 Å². The van der Waals surface area contributed by atoms with Crippen molar-refractivity contribution in [2.45, 2.75) is 24.8 Å². The highest BCUT2D eigenvalue weighted by Crippen LogP contribution is 2.44. The van der Waals surface area contributed by atoms with E-state index in [1.54, 1.807) is 18.9 Å². The van der Waals surface area contributed by atoms with Crippen LogP contribution in [0.3, 0.4) is 0 Å². The summed E-state index contributed by atoms with van der Waals surface area (Å²) >= 11 is 0. The molecule has 0 saturated heterocycles. The number of hydrogen-bond donors (Lipinski definition) is 1. The van der Waals surface area contributed by atoms with Crippen molar-refractivity contribution in [3.63, 3.8) is 0 Å². The molecule has 0 fully saturated rings. The molecular formula is C22H21N5O3. The minimum atomic E-state index is -0.384. The molecule has 8 nitrogen and oxygen atoms in total.